The first-order valence-electron chi connectivity index (χ1n) is 2.96. The predicted octanol–water partition coefficient (Wildman–Crippen LogP) is 1.32. The number of rotatable bonds is 2. The van der Waals surface area contributed by atoms with Crippen molar-refractivity contribution in [1.82, 2.24) is 0 Å². The Labute approximate surface area is 59.2 Å². The summed E-state index contributed by atoms with van der Waals surface area (Å²) in [7, 11) is 0. The van der Waals surface area contributed by atoms with Crippen molar-refractivity contribution in [2.75, 3.05) is 0 Å². The van der Waals surface area contributed by atoms with Crippen LogP contribution >= 0.6 is 0 Å². The van der Waals surface area contributed by atoms with E-state index in [1.54, 1.807) is 24.3 Å². The first kappa shape index (κ1) is 6.72. The van der Waals surface area contributed by atoms with Gasteiger partial charge in [0.2, 0.25) is 0 Å². The molecule has 0 heterocycles. The van der Waals surface area contributed by atoms with Crippen molar-refractivity contribution in [1.29, 1.82) is 0 Å². The highest BCUT2D eigenvalue weighted by Crippen LogP contribution is 2.06. The average molecular weight is 135 g/mol. The molecule has 0 bridgehead atoms. The molecule has 0 aromatic heterocycles. The first-order valence-corrected chi connectivity index (χ1v) is 2.96. The second-order valence-corrected chi connectivity index (χ2v) is 1.98. The zero-order valence-corrected chi connectivity index (χ0v) is 5.37. The maximum absolute atomic E-state index is 10.2. The fourth-order valence-electron chi connectivity index (χ4n) is 0.714. The standard InChI is InChI=1S/C8H6O2/c9-8(10)6-7-4-2-1-3-5-7/h2-5H,6H2/p+1. The molecule has 0 saturated heterocycles. The number of hydrogen-bond acceptors (Lipinski definition) is 1. The lowest BCUT2D eigenvalue weighted by molar-refractivity contribution is -0.136. The van der Waals surface area contributed by atoms with Crippen LogP contribution in [0.4, 0.5) is 0 Å². The molecule has 1 aliphatic carbocycles. The van der Waals surface area contributed by atoms with E-state index in [9.17, 15) is 4.79 Å². The molecule has 0 fully saturated rings. The van der Waals surface area contributed by atoms with Crippen molar-refractivity contribution in [3.63, 3.8) is 0 Å². The van der Waals surface area contributed by atoms with Gasteiger partial charge < -0.3 is 5.11 Å². The van der Waals surface area contributed by atoms with E-state index in [2.05, 4.69) is 6.08 Å². The Morgan fingerprint density at radius 1 is 1.70 bits per heavy atom. The molecule has 0 aromatic carbocycles. The Bertz CT molecular complexity index is 221. The minimum atomic E-state index is -0.800. The normalized spacial score (nSPS) is 14.2. The molecule has 50 valence electrons. The molecule has 1 N–H and O–H groups in total. The van der Waals surface area contributed by atoms with Gasteiger partial charge in [-0.1, -0.05) is 0 Å². The summed E-state index contributed by atoms with van der Waals surface area (Å²) in [4.78, 5) is 10.2. The summed E-state index contributed by atoms with van der Waals surface area (Å²) in [5, 5.41) is 8.36. The molecular formula is C8H7O2+. The monoisotopic (exact) mass is 135 g/mol. The zero-order chi connectivity index (χ0) is 7.40. The van der Waals surface area contributed by atoms with Crippen LogP contribution in [-0.2, 0) is 4.79 Å². The summed E-state index contributed by atoms with van der Waals surface area (Å²) in [6.45, 7) is 0. The van der Waals surface area contributed by atoms with E-state index < -0.39 is 5.97 Å². The van der Waals surface area contributed by atoms with Crippen molar-refractivity contribution in [2.45, 2.75) is 6.42 Å². The van der Waals surface area contributed by atoms with Crippen LogP contribution in [0.3, 0.4) is 0 Å². The minimum Gasteiger partial charge on any atom is -0.481 e. The molecule has 0 atom stereocenters. The lowest BCUT2D eigenvalue weighted by Gasteiger charge is -1.89. The number of carbonyl (C=O) groups is 1. The molecule has 0 spiro atoms. The van der Waals surface area contributed by atoms with Crippen LogP contribution < -0.4 is 0 Å². The molecule has 1 aliphatic rings. The first-order chi connectivity index (χ1) is 4.79. The van der Waals surface area contributed by atoms with Gasteiger partial charge in [0, 0.05) is 6.08 Å². The number of carboxylic acids is 1. The van der Waals surface area contributed by atoms with Crippen molar-refractivity contribution in [2.24, 2.45) is 0 Å². The van der Waals surface area contributed by atoms with E-state index in [-0.39, 0.29) is 6.42 Å². The fourth-order valence-corrected chi connectivity index (χ4v) is 0.714. The van der Waals surface area contributed by atoms with Crippen LogP contribution in [0, 0.1) is 6.08 Å². The third kappa shape index (κ3) is 1.84. The summed E-state index contributed by atoms with van der Waals surface area (Å²) in [5.41, 5.74) is 0.811. The average Bonchev–Trinajstić information content (AvgIpc) is 1.88. The van der Waals surface area contributed by atoms with Gasteiger partial charge in [-0.2, -0.15) is 0 Å². The molecule has 0 aromatic rings. The molecule has 0 aliphatic heterocycles. The van der Waals surface area contributed by atoms with Crippen molar-refractivity contribution in [3.8, 4) is 0 Å². The van der Waals surface area contributed by atoms with Crippen LogP contribution in [0.2, 0.25) is 0 Å². The summed E-state index contributed by atoms with van der Waals surface area (Å²) >= 11 is 0. The molecule has 0 unspecified atom stereocenters. The molecule has 0 radical (unpaired) electrons. The highest BCUT2D eigenvalue weighted by Gasteiger charge is 2.06. The van der Waals surface area contributed by atoms with Crippen molar-refractivity contribution >= 4 is 5.97 Å². The number of allylic oxidation sites excluding steroid dienone is 5. The van der Waals surface area contributed by atoms with Gasteiger partial charge in [0.05, 0.1) is 24.1 Å². The molecule has 2 heteroatoms. The topological polar surface area (TPSA) is 37.3 Å². The number of carboxylic acid groups (broad SMARTS) is 1. The molecule has 0 amide bonds. The Morgan fingerprint density at radius 2 is 2.50 bits per heavy atom. The fraction of sp³-hybridized carbons (Fsp3) is 0.125. The van der Waals surface area contributed by atoms with Crippen LogP contribution in [0.15, 0.2) is 29.9 Å². The summed E-state index contributed by atoms with van der Waals surface area (Å²) in [5.74, 6) is -0.800. The van der Waals surface area contributed by atoms with Crippen LogP contribution in [-0.4, -0.2) is 11.1 Å². The Morgan fingerprint density at radius 3 is 3.00 bits per heavy atom. The van der Waals surface area contributed by atoms with Crippen LogP contribution in [0.25, 0.3) is 0 Å². The second-order valence-electron chi connectivity index (χ2n) is 1.98. The van der Waals surface area contributed by atoms with E-state index in [4.69, 9.17) is 5.11 Å². The third-order valence-corrected chi connectivity index (χ3v) is 1.14. The Balaban J connectivity index is 2.58. The van der Waals surface area contributed by atoms with Gasteiger partial charge in [0.15, 0.2) is 0 Å². The maximum atomic E-state index is 10.2. The highest BCUT2D eigenvalue weighted by atomic mass is 16.4. The lowest BCUT2D eigenvalue weighted by Crippen LogP contribution is -1.95. The quantitative estimate of drug-likeness (QED) is 0.580. The van der Waals surface area contributed by atoms with E-state index >= 15 is 0 Å². The smallest absolute Gasteiger partial charge is 0.310 e. The van der Waals surface area contributed by atoms with Gasteiger partial charge in [-0.3, -0.25) is 4.79 Å². The van der Waals surface area contributed by atoms with Crippen molar-refractivity contribution < 1.29 is 9.90 Å². The maximum Gasteiger partial charge on any atom is 0.310 e. The van der Waals surface area contributed by atoms with Gasteiger partial charge in [0.1, 0.15) is 12.2 Å². The van der Waals surface area contributed by atoms with E-state index in [0.717, 1.165) is 5.57 Å². The second kappa shape index (κ2) is 2.95. The van der Waals surface area contributed by atoms with Crippen molar-refractivity contribution in [3.05, 3.63) is 36.0 Å². The summed E-state index contributed by atoms with van der Waals surface area (Å²) < 4.78 is 0. The Hall–Kier alpha value is -1.40. The predicted molar refractivity (Wildman–Crippen MR) is 37.3 cm³/mol. The van der Waals surface area contributed by atoms with Gasteiger partial charge in [0.25, 0.3) is 0 Å². The van der Waals surface area contributed by atoms with E-state index in [0.29, 0.717) is 0 Å². The zero-order valence-electron chi connectivity index (χ0n) is 5.37. The van der Waals surface area contributed by atoms with Gasteiger partial charge >= 0.3 is 5.97 Å². The highest BCUT2D eigenvalue weighted by molar-refractivity contribution is 5.71. The minimum absolute atomic E-state index is 0.0919. The van der Waals surface area contributed by atoms with Crippen LogP contribution in [0.1, 0.15) is 6.42 Å². The van der Waals surface area contributed by atoms with Gasteiger partial charge in [-0.25, -0.2) is 0 Å². The van der Waals surface area contributed by atoms with Gasteiger partial charge in [-0.05, 0) is 0 Å². The number of hydrogen-bond donors (Lipinski definition) is 1. The van der Waals surface area contributed by atoms with Gasteiger partial charge in [-0.15, -0.1) is 0 Å². The molecule has 10 heavy (non-hydrogen) atoms. The van der Waals surface area contributed by atoms with E-state index in [1.807, 2.05) is 0 Å². The molecule has 1 rings (SSSR count). The molecular weight excluding hydrogens is 128 g/mol. The summed E-state index contributed by atoms with van der Waals surface area (Å²) in [6, 6.07) is 0. The Kier molecular flexibility index (Phi) is 1.98. The third-order valence-electron chi connectivity index (χ3n) is 1.14. The lowest BCUT2D eigenvalue weighted by atomic mass is 10.1. The van der Waals surface area contributed by atoms with E-state index in [1.165, 1.54) is 0 Å². The largest absolute Gasteiger partial charge is 0.481 e. The summed E-state index contributed by atoms with van der Waals surface area (Å²) in [6.07, 6.45) is 9.81. The SMILES string of the molecule is O=C(O)CC1=CC=[C+]C=C1. The van der Waals surface area contributed by atoms with Crippen LogP contribution in [0.5, 0.6) is 0 Å². The molecule has 2 nitrogen and oxygen atoms in total. The number of aliphatic carboxylic acids is 1. The molecule has 0 saturated carbocycles.